The van der Waals surface area contributed by atoms with Crippen LogP contribution in [0.3, 0.4) is 0 Å². The highest BCUT2D eigenvalue weighted by atomic mass is 32.2. The van der Waals surface area contributed by atoms with Gasteiger partial charge in [0.15, 0.2) is 17.7 Å². The topological polar surface area (TPSA) is 183 Å². The first-order chi connectivity index (χ1) is 14.7. The minimum Gasteiger partial charge on any atom is -0.480 e. The van der Waals surface area contributed by atoms with E-state index in [4.69, 9.17) is 21.3 Å². The quantitative estimate of drug-likeness (QED) is 0.297. The van der Waals surface area contributed by atoms with Gasteiger partial charge in [-0.2, -0.15) is 8.78 Å². The highest BCUT2D eigenvalue weighted by Gasteiger charge is 2.47. The molecule has 6 atom stereocenters. The van der Waals surface area contributed by atoms with Gasteiger partial charge >= 0.3 is 5.97 Å². The Bertz CT molecular complexity index is 958. The van der Waals surface area contributed by atoms with Crippen molar-refractivity contribution < 1.29 is 33.6 Å². The van der Waals surface area contributed by atoms with Crippen LogP contribution in [0.25, 0.3) is 11.2 Å². The van der Waals surface area contributed by atoms with Crippen molar-refractivity contribution >= 4 is 33.8 Å². The first-order valence-electron chi connectivity index (χ1n) is 9.27. The van der Waals surface area contributed by atoms with Crippen LogP contribution in [0, 0.1) is 0 Å². The SMILES string of the molecule is Nc1ncnc2c1ncn2[C@@H]1O[C@H](C[S+](CC=C(F)F)CC[C@H](N)C(=O)O)[C@@H](O)[C@H]1O. The summed E-state index contributed by atoms with van der Waals surface area (Å²) in [6.45, 7) is 0. The van der Waals surface area contributed by atoms with Crippen LogP contribution in [0.4, 0.5) is 14.6 Å². The van der Waals surface area contributed by atoms with Crippen molar-refractivity contribution in [1.29, 1.82) is 0 Å². The van der Waals surface area contributed by atoms with E-state index in [1.54, 1.807) is 0 Å². The number of nitrogens with two attached hydrogens (primary N) is 2. The molecule has 0 aliphatic carbocycles. The number of aliphatic carboxylic acids is 1. The summed E-state index contributed by atoms with van der Waals surface area (Å²) < 4.78 is 32.5. The van der Waals surface area contributed by atoms with E-state index >= 15 is 0 Å². The number of aliphatic hydroxyl groups excluding tert-OH is 2. The second-order valence-corrected chi connectivity index (χ2v) is 9.31. The predicted molar refractivity (Wildman–Crippen MR) is 108 cm³/mol. The van der Waals surface area contributed by atoms with E-state index in [1.165, 1.54) is 17.2 Å². The van der Waals surface area contributed by atoms with E-state index in [1.807, 2.05) is 0 Å². The number of fused-ring (bicyclic) bond motifs is 1. The first-order valence-corrected chi connectivity index (χ1v) is 11.0. The second kappa shape index (κ2) is 9.82. The number of nitrogen functional groups attached to an aromatic ring is 1. The fraction of sp³-hybridized carbons (Fsp3) is 0.529. The summed E-state index contributed by atoms with van der Waals surface area (Å²) in [5.41, 5.74) is 11.9. The molecule has 0 bridgehead atoms. The van der Waals surface area contributed by atoms with Gasteiger partial charge in [-0.3, -0.25) is 9.36 Å². The third-order valence-corrected chi connectivity index (χ3v) is 7.16. The third kappa shape index (κ3) is 5.27. The van der Waals surface area contributed by atoms with Gasteiger partial charge in [0.05, 0.1) is 6.33 Å². The molecule has 2 aromatic heterocycles. The summed E-state index contributed by atoms with van der Waals surface area (Å²) in [6, 6.07) is -1.12. The second-order valence-electron chi connectivity index (χ2n) is 7.01. The summed E-state index contributed by atoms with van der Waals surface area (Å²) >= 11 is 0. The number of aromatic nitrogens is 4. The van der Waals surface area contributed by atoms with Crippen molar-refractivity contribution in [3.05, 3.63) is 24.8 Å². The number of carboxylic acids is 1. The molecule has 1 fully saturated rings. The van der Waals surface area contributed by atoms with Crippen LogP contribution >= 0.6 is 0 Å². The fourth-order valence-electron chi connectivity index (χ4n) is 3.22. The number of aliphatic hydroxyl groups is 2. The molecular formula is C17H23F2N6O5S+. The van der Waals surface area contributed by atoms with Gasteiger partial charge in [0, 0.05) is 12.5 Å². The van der Waals surface area contributed by atoms with Gasteiger partial charge in [-0.05, 0) is 10.9 Å². The van der Waals surface area contributed by atoms with E-state index in [9.17, 15) is 23.8 Å². The van der Waals surface area contributed by atoms with Crippen molar-refractivity contribution in [3.63, 3.8) is 0 Å². The number of anilines is 1. The number of hydrogen-bond acceptors (Lipinski definition) is 9. The Hall–Kier alpha value is -2.39. The van der Waals surface area contributed by atoms with Gasteiger partial charge < -0.3 is 31.5 Å². The van der Waals surface area contributed by atoms with Gasteiger partial charge in [0.2, 0.25) is 0 Å². The van der Waals surface area contributed by atoms with Crippen LogP contribution in [0.2, 0.25) is 0 Å². The molecule has 0 aromatic carbocycles. The smallest absolute Gasteiger partial charge is 0.320 e. The lowest BCUT2D eigenvalue weighted by Crippen LogP contribution is -2.38. The van der Waals surface area contributed by atoms with Crippen LogP contribution in [0.1, 0.15) is 12.6 Å². The summed E-state index contributed by atoms with van der Waals surface area (Å²) in [5, 5.41) is 30.0. The van der Waals surface area contributed by atoms with E-state index < -0.39 is 53.5 Å². The molecule has 0 saturated carbocycles. The molecule has 3 heterocycles. The van der Waals surface area contributed by atoms with Gasteiger partial charge in [-0.15, -0.1) is 0 Å². The molecule has 3 rings (SSSR count). The molecular weight excluding hydrogens is 438 g/mol. The summed E-state index contributed by atoms with van der Waals surface area (Å²) in [4.78, 5) is 23.0. The number of halogens is 2. The molecule has 11 nitrogen and oxygen atoms in total. The summed E-state index contributed by atoms with van der Waals surface area (Å²) in [6.07, 6.45) is -2.99. The van der Waals surface area contributed by atoms with Crippen LogP contribution in [-0.2, 0) is 20.4 Å². The Labute approximate surface area is 178 Å². The van der Waals surface area contributed by atoms with Crippen molar-refractivity contribution in [2.45, 2.75) is 37.0 Å². The molecule has 170 valence electrons. The lowest BCUT2D eigenvalue weighted by Gasteiger charge is -2.16. The molecule has 1 saturated heterocycles. The van der Waals surface area contributed by atoms with Crippen molar-refractivity contribution in [2.24, 2.45) is 5.73 Å². The summed E-state index contributed by atoms with van der Waals surface area (Å²) in [7, 11) is -0.766. The van der Waals surface area contributed by atoms with Crippen LogP contribution < -0.4 is 11.5 Å². The standard InChI is InChI=1S/C17H22F2N6O5S/c18-10(19)2-4-31(3-1-8(20)17(28)29)5-9-12(26)13(27)16(30-9)25-7-24-11-14(21)22-6-23-15(11)25/h2,6-9,12-13,16,26-27H,1,3-5,20H2,(H2-,21,22,23,28,29)/p+1/t8-,9+,12+,13+,16+,31?/m0/s1. The van der Waals surface area contributed by atoms with Crippen LogP contribution in [-0.4, -0.2) is 82.4 Å². The van der Waals surface area contributed by atoms with Crippen molar-refractivity contribution in [1.82, 2.24) is 19.5 Å². The minimum atomic E-state index is -1.85. The van der Waals surface area contributed by atoms with E-state index in [0.717, 1.165) is 6.08 Å². The number of nitrogens with zero attached hydrogens (tertiary/aromatic N) is 4. The lowest BCUT2D eigenvalue weighted by atomic mass is 10.1. The minimum absolute atomic E-state index is 0.0280. The van der Waals surface area contributed by atoms with Gasteiger partial charge in [-0.25, -0.2) is 15.0 Å². The Morgan fingerprint density at radius 3 is 2.74 bits per heavy atom. The van der Waals surface area contributed by atoms with Crippen LogP contribution in [0.15, 0.2) is 24.8 Å². The molecule has 1 aliphatic heterocycles. The van der Waals surface area contributed by atoms with Crippen LogP contribution in [0.5, 0.6) is 0 Å². The number of hydrogen-bond donors (Lipinski definition) is 5. The average Bonchev–Trinajstić information content (AvgIpc) is 3.26. The van der Waals surface area contributed by atoms with E-state index in [2.05, 4.69) is 15.0 Å². The molecule has 1 unspecified atom stereocenters. The number of ether oxygens (including phenoxy) is 1. The number of rotatable bonds is 9. The van der Waals surface area contributed by atoms with Gasteiger partial charge in [0.1, 0.15) is 53.5 Å². The largest absolute Gasteiger partial charge is 0.480 e. The molecule has 7 N–H and O–H groups in total. The normalized spacial score (nSPS) is 25.5. The molecule has 0 radical (unpaired) electrons. The first kappa shape index (κ1) is 23.3. The Morgan fingerprint density at radius 1 is 1.32 bits per heavy atom. The van der Waals surface area contributed by atoms with Gasteiger partial charge in [-0.1, -0.05) is 0 Å². The zero-order chi connectivity index (χ0) is 22.7. The highest BCUT2D eigenvalue weighted by Crippen LogP contribution is 2.33. The number of carbonyl (C=O) groups is 1. The Kier molecular flexibility index (Phi) is 7.38. The van der Waals surface area contributed by atoms with E-state index in [0.29, 0.717) is 11.2 Å². The maximum Gasteiger partial charge on any atom is 0.320 e. The molecule has 1 aliphatic rings. The molecule has 0 amide bonds. The predicted octanol–water partition coefficient (Wildman–Crippen LogP) is -0.772. The Morgan fingerprint density at radius 2 is 2.06 bits per heavy atom. The molecule has 31 heavy (non-hydrogen) atoms. The number of imidazole rings is 1. The lowest BCUT2D eigenvalue weighted by molar-refractivity contribution is -0.138. The van der Waals surface area contributed by atoms with Crippen molar-refractivity contribution in [3.8, 4) is 0 Å². The van der Waals surface area contributed by atoms with Crippen molar-refractivity contribution in [2.75, 3.05) is 23.0 Å². The van der Waals surface area contributed by atoms with Gasteiger partial charge in [0.25, 0.3) is 6.08 Å². The Balaban J connectivity index is 1.75. The fourth-order valence-corrected chi connectivity index (χ4v) is 5.38. The molecule has 2 aromatic rings. The molecule has 0 spiro atoms. The zero-order valence-electron chi connectivity index (χ0n) is 16.2. The van der Waals surface area contributed by atoms with E-state index in [-0.39, 0.29) is 29.5 Å². The monoisotopic (exact) mass is 461 g/mol. The highest BCUT2D eigenvalue weighted by molar-refractivity contribution is 7.97. The molecule has 14 heteroatoms. The third-order valence-electron chi connectivity index (χ3n) is 4.91. The maximum atomic E-state index is 12.6. The average molecular weight is 461 g/mol. The number of carboxylic acid groups (broad SMARTS) is 1. The maximum absolute atomic E-state index is 12.6. The summed E-state index contributed by atoms with van der Waals surface area (Å²) in [5.74, 6) is -0.683. The zero-order valence-corrected chi connectivity index (χ0v) is 17.0.